The molecule has 1 saturated heterocycles. The van der Waals surface area contributed by atoms with Gasteiger partial charge in [0.15, 0.2) is 5.82 Å². The Bertz CT molecular complexity index is 1400. The molecular weight excluding hydrogens is 536 g/mol. The van der Waals surface area contributed by atoms with Gasteiger partial charge in [0, 0.05) is 18.3 Å². The molecule has 0 radical (unpaired) electrons. The molecule has 0 saturated carbocycles. The maximum Gasteiger partial charge on any atom is 0.243 e. The molecular formula is C27H38N6O6S. The first-order chi connectivity index (χ1) is 18.9. The number of aryl methyl sites for hydroxylation is 1. The van der Waals surface area contributed by atoms with Gasteiger partial charge in [-0.2, -0.15) is 0 Å². The summed E-state index contributed by atoms with van der Waals surface area (Å²) < 4.78 is 55.3. The van der Waals surface area contributed by atoms with Gasteiger partial charge < -0.3 is 18.9 Å². The van der Waals surface area contributed by atoms with Gasteiger partial charge in [0.2, 0.25) is 16.0 Å². The zero-order valence-electron chi connectivity index (χ0n) is 24.2. The van der Waals surface area contributed by atoms with Crippen molar-refractivity contribution in [2.24, 2.45) is 0 Å². The van der Waals surface area contributed by atoms with Crippen LogP contribution in [0.1, 0.15) is 70.3 Å². The lowest BCUT2D eigenvalue weighted by atomic mass is 9.97. The molecule has 0 unspecified atom stereocenters. The molecule has 12 nitrogen and oxygen atoms in total. The number of hydrogen-bond acceptors (Lipinski definition) is 10. The van der Waals surface area contributed by atoms with Crippen molar-refractivity contribution in [2.75, 3.05) is 25.5 Å². The molecule has 0 aliphatic carbocycles. The van der Waals surface area contributed by atoms with Crippen LogP contribution in [0, 0.1) is 6.92 Å². The molecule has 2 aromatic heterocycles. The standard InChI is InChI=1S/C27H38N6O6S/c1-16(2)39-23(24-28-13-17(3)14-29-24)18(4)40(34,35)32-26-31-30-25(19-12-27(5,6)38-15-19)33(26)22-20(36-7)10-9-11-21(22)37-8/h9-11,13-14,16,18-19,23H,12,15H2,1-8H3,(H,31,32)/t18-,19-,23+/m0/s1. The lowest BCUT2D eigenvalue weighted by Gasteiger charge is -2.26. The van der Waals surface area contributed by atoms with Crippen LogP contribution in [0.4, 0.5) is 5.95 Å². The van der Waals surface area contributed by atoms with E-state index in [0.717, 1.165) is 5.56 Å². The number of para-hydroxylation sites is 1. The Morgan fingerprint density at radius 1 is 1.07 bits per heavy atom. The molecule has 218 valence electrons. The molecule has 3 atom stereocenters. The van der Waals surface area contributed by atoms with Crippen molar-refractivity contribution in [1.29, 1.82) is 0 Å². The Kier molecular flexibility index (Phi) is 8.66. The maximum atomic E-state index is 13.9. The van der Waals surface area contributed by atoms with Crippen molar-refractivity contribution in [3.63, 3.8) is 0 Å². The molecule has 0 spiro atoms. The lowest BCUT2D eigenvalue weighted by molar-refractivity contribution is 0.00152. The van der Waals surface area contributed by atoms with Gasteiger partial charge >= 0.3 is 0 Å². The van der Waals surface area contributed by atoms with Gasteiger partial charge in [-0.15, -0.1) is 10.2 Å². The highest BCUT2D eigenvalue weighted by atomic mass is 32.2. The van der Waals surface area contributed by atoms with E-state index in [1.54, 1.807) is 42.1 Å². The largest absolute Gasteiger partial charge is 0.494 e. The minimum Gasteiger partial charge on any atom is -0.494 e. The Labute approximate surface area is 235 Å². The number of nitrogens with one attached hydrogen (secondary N) is 1. The number of methoxy groups -OCH3 is 2. The van der Waals surface area contributed by atoms with Crippen LogP contribution >= 0.6 is 0 Å². The summed E-state index contributed by atoms with van der Waals surface area (Å²) in [6.45, 7) is 11.5. The van der Waals surface area contributed by atoms with Crippen molar-refractivity contribution in [1.82, 2.24) is 24.7 Å². The molecule has 1 N–H and O–H groups in total. The fourth-order valence-electron chi connectivity index (χ4n) is 4.71. The second-order valence-corrected chi connectivity index (χ2v) is 12.8. The number of benzene rings is 1. The summed E-state index contributed by atoms with van der Waals surface area (Å²) in [6, 6.07) is 5.31. The molecule has 1 aromatic carbocycles. The zero-order valence-corrected chi connectivity index (χ0v) is 25.0. The van der Waals surface area contributed by atoms with E-state index in [1.165, 1.54) is 14.2 Å². The first-order valence-corrected chi connectivity index (χ1v) is 14.7. The molecule has 4 rings (SSSR count). The first-order valence-electron chi connectivity index (χ1n) is 13.1. The normalized spacial score (nSPS) is 18.5. The highest BCUT2D eigenvalue weighted by Crippen LogP contribution is 2.41. The van der Waals surface area contributed by atoms with E-state index < -0.39 is 21.4 Å². The molecule has 1 aliphatic heterocycles. The predicted octanol–water partition coefficient (Wildman–Crippen LogP) is 3.96. The Hall–Kier alpha value is -3.29. The fraction of sp³-hybridized carbons (Fsp3) is 0.556. The predicted molar refractivity (Wildman–Crippen MR) is 150 cm³/mol. The van der Waals surface area contributed by atoms with Crippen LogP contribution in [0.2, 0.25) is 0 Å². The van der Waals surface area contributed by atoms with Gasteiger partial charge in [-0.25, -0.2) is 18.4 Å². The third-order valence-electron chi connectivity index (χ3n) is 6.72. The molecule has 13 heteroatoms. The summed E-state index contributed by atoms with van der Waals surface area (Å²) in [6.07, 6.45) is 2.73. The molecule has 0 bridgehead atoms. The number of nitrogens with zero attached hydrogens (tertiary/aromatic N) is 5. The Morgan fingerprint density at radius 3 is 2.23 bits per heavy atom. The molecule has 3 aromatic rings. The van der Waals surface area contributed by atoms with Crippen LogP contribution in [-0.2, 0) is 19.5 Å². The third-order valence-corrected chi connectivity index (χ3v) is 8.41. The smallest absolute Gasteiger partial charge is 0.243 e. The number of ether oxygens (including phenoxy) is 4. The summed E-state index contributed by atoms with van der Waals surface area (Å²) in [7, 11) is -1.04. The van der Waals surface area contributed by atoms with Crippen LogP contribution in [0.25, 0.3) is 5.69 Å². The third kappa shape index (κ3) is 6.21. The summed E-state index contributed by atoms with van der Waals surface area (Å²) in [4.78, 5) is 8.69. The number of sulfonamides is 1. The van der Waals surface area contributed by atoms with Gasteiger partial charge in [0.1, 0.15) is 34.4 Å². The van der Waals surface area contributed by atoms with Gasteiger partial charge in [-0.1, -0.05) is 6.07 Å². The van der Waals surface area contributed by atoms with E-state index in [0.29, 0.717) is 36.0 Å². The van der Waals surface area contributed by atoms with Gasteiger partial charge in [-0.3, -0.25) is 9.29 Å². The SMILES string of the molecule is COc1cccc(OC)c1-n1c(NS(=O)(=O)[C@@H](C)[C@@H](OC(C)C)c2ncc(C)cn2)nnc1[C@@H]1COC(C)(C)C1. The second-order valence-electron chi connectivity index (χ2n) is 10.8. The van der Waals surface area contributed by atoms with Crippen LogP contribution in [0.15, 0.2) is 30.6 Å². The van der Waals surface area contributed by atoms with Crippen molar-refractivity contribution >= 4 is 16.0 Å². The fourth-order valence-corrected chi connectivity index (χ4v) is 5.79. The van der Waals surface area contributed by atoms with Crippen LogP contribution in [0.5, 0.6) is 11.5 Å². The highest BCUT2D eigenvalue weighted by Gasteiger charge is 2.39. The summed E-state index contributed by atoms with van der Waals surface area (Å²) in [5, 5.41) is 7.64. The van der Waals surface area contributed by atoms with Gasteiger partial charge in [0.25, 0.3) is 0 Å². The van der Waals surface area contributed by atoms with Crippen molar-refractivity contribution < 1.29 is 27.4 Å². The lowest BCUT2D eigenvalue weighted by Crippen LogP contribution is -2.35. The second kappa shape index (κ2) is 11.7. The highest BCUT2D eigenvalue weighted by molar-refractivity contribution is 7.93. The summed E-state index contributed by atoms with van der Waals surface area (Å²) >= 11 is 0. The monoisotopic (exact) mass is 574 g/mol. The van der Waals surface area contributed by atoms with E-state index in [9.17, 15) is 8.42 Å². The minimum absolute atomic E-state index is 0.0116. The van der Waals surface area contributed by atoms with Crippen LogP contribution in [-0.4, -0.2) is 70.9 Å². The quantitative estimate of drug-likeness (QED) is 0.358. The Morgan fingerprint density at radius 2 is 1.70 bits per heavy atom. The topological polar surface area (TPSA) is 140 Å². The molecule has 1 aliphatic rings. The molecule has 40 heavy (non-hydrogen) atoms. The van der Waals surface area contributed by atoms with Crippen molar-refractivity contribution in [3.05, 3.63) is 47.8 Å². The van der Waals surface area contributed by atoms with Crippen LogP contribution < -0.4 is 14.2 Å². The number of anilines is 1. The maximum absolute atomic E-state index is 13.9. The van der Waals surface area contributed by atoms with Crippen molar-refractivity contribution in [2.45, 2.75) is 76.9 Å². The average Bonchev–Trinajstić information content (AvgIpc) is 3.48. The van der Waals surface area contributed by atoms with E-state index in [4.69, 9.17) is 18.9 Å². The molecule has 1 fully saturated rings. The van der Waals surface area contributed by atoms with Gasteiger partial charge in [0.05, 0.1) is 32.5 Å². The number of aromatic nitrogens is 5. The first kappa shape index (κ1) is 29.7. The van der Waals surface area contributed by atoms with Gasteiger partial charge in [-0.05, 0) is 65.7 Å². The van der Waals surface area contributed by atoms with E-state index >= 15 is 0 Å². The van der Waals surface area contributed by atoms with Crippen LogP contribution in [0.3, 0.4) is 0 Å². The van der Waals surface area contributed by atoms with Crippen molar-refractivity contribution in [3.8, 4) is 17.2 Å². The summed E-state index contributed by atoms with van der Waals surface area (Å²) in [5.74, 6) is 1.56. The number of rotatable bonds is 11. The van der Waals surface area contributed by atoms with E-state index in [1.807, 2.05) is 34.6 Å². The molecule has 0 amide bonds. The van der Waals surface area contributed by atoms with E-state index in [2.05, 4.69) is 24.9 Å². The Balaban J connectivity index is 1.80. The minimum atomic E-state index is -4.11. The average molecular weight is 575 g/mol. The zero-order chi connectivity index (χ0) is 29.2. The van der Waals surface area contributed by atoms with E-state index in [-0.39, 0.29) is 29.4 Å². The summed E-state index contributed by atoms with van der Waals surface area (Å²) in [5.41, 5.74) is 0.959. The number of hydrogen-bond donors (Lipinski definition) is 1. The molecule has 3 heterocycles.